The smallest absolute Gasteiger partial charge is 0.221 e. The molecule has 156 valence electrons. The van der Waals surface area contributed by atoms with Crippen molar-refractivity contribution in [3.8, 4) is 11.4 Å². The Bertz CT molecular complexity index is 1170. The fourth-order valence-corrected chi connectivity index (χ4v) is 3.63. The van der Waals surface area contributed by atoms with E-state index in [2.05, 4.69) is 10.2 Å². The maximum absolute atomic E-state index is 12.4. The second kappa shape index (κ2) is 8.60. The number of benzene rings is 2. The Kier molecular flexibility index (Phi) is 5.35. The van der Waals surface area contributed by atoms with Crippen LogP contribution in [0.3, 0.4) is 0 Å². The van der Waals surface area contributed by atoms with Gasteiger partial charge in [-0.1, -0.05) is 42.5 Å². The van der Waals surface area contributed by atoms with E-state index < -0.39 is 0 Å². The highest BCUT2D eigenvalue weighted by atomic mass is 16.3. The van der Waals surface area contributed by atoms with Crippen molar-refractivity contribution in [2.24, 2.45) is 0 Å². The van der Waals surface area contributed by atoms with Gasteiger partial charge in [-0.05, 0) is 37.1 Å². The summed E-state index contributed by atoms with van der Waals surface area (Å²) in [6.07, 6.45) is 4.23. The summed E-state index contributed by atoms with van der Waals surface area (Å²) < 4.78 is 5.61. The topological polar surface area (TPSA) is 71.3 Å². The van der Waals surface area contributed by atoms with E-state index in [0.29, 0.717) is 31.4 Å². The fraction of sp³-hybridized carbons (Fsp3) is 0.240. The molecule has 5 rings (SSSR count). The molecular weight excluding hydrogens is 388 g/mol. The van der Waals surface area contributed by atoms with Crippen molar-refractivity contribution in [3.05, 3.63) is 78.8 Å². The summed E-state index contributed by atoms with van der Waals surface area (Å²) in [5, 5.41) is 4.03. The Morgan fingerprint density at radius 1 is 1.00 bits per heavy atom. The Balaban J connectivity index is 1.53. The van der Waals surface area contributed by atoms with Crippen LogP contribution in [-0.2, 0) is 11.3 Å². The molecule has 6 heteroatoms. The average molecular weight is 412 g/mol. The van der Waals surface area contributed by atoms with Gasteiger partial charge in [0.05, 0.1) is 18.3 Å². The number of carbonyl (C=O) groups is 1. The molecule has 1 aliphatic carbocycles. The molecule has 6 nitrogen and oxygen atoms in total. The third-order valence-corrected chi connectivity index (χ3v) is 5.39. The zero-order valence-corrected chi connectivity index (χ0v) is 17.2. The molecular formula is C25H24N4O2. The summed E-state index contributed by atoms with van der Waals surface area (Å²) >= 11 is 0. The largest absolute Gasteiger partial charge is 0.467 e. The first-order valence-corrected chi connectivity index (χ1v) is 10.7. The van der Waals surface area contributed by atoms with Crippen molar-refractivity contribution in [1.82, 2.24) is 15.3 Å². The van der Waals surface area contributed by atoms with Crippen molar-refractivity contribution < 1.29 is 9.21 Å². The third kappa shape index (κ3) is 4.58. The third-order valence-electron chi connectivity index (χ3n) is 5.39. The van der Waals surface area contributed by atoms with Gasteiger partial charge in [0.2, 0.25) is 5.91 Å². The van der Waals surface area contributed by atoms with Gasteiger partial charge in [-0.25, -0.2) is 9.97 Å². The molecule has 1 fully saturated rings. The first-order valence-electron chi connectivity index (χ1n) is 10.7. The van der Waals surface area contributed by atoms with Crippen LogP contribution >= 0.6 is 0 Å². The lowest BCUT2D eigenvalue weighted by atomic mass is 10.1. The highest BCUT2D eigenvalue weighted by molar-refractivity contribution is 5.91. The van der Waals surface area contributed by atoms with Gasteiger partial charge < -0.3 is 14.6 Å². The lowest BCUT2D eigenvalue weighted by molar-refractivity contribution is -0.121. The van der Waals surface area contributed by atoms with Gasteiger partial charge in [0, 0.05) is 30.0 Å². The van der Waals surface area contributed by atoms with Crippen LogP contribution in [-0.4, -0.2) is 28.5 Å². The van der Waals surface area contributed by atoms with Crippen LogP contribution in [0.1, 0.15) is 25.0 Å². The molecule has 0 spiro atoms. The molecule has 0 atom stereocenters. The molecule has 1 amide bonds. The molecule has 0 radical (unpaired) electrons. The number of carbonyl (C=O) groups excluding carboxylic acids is 1. The number of anilines is 1. The van der Waals surface area contributed by atoms with Gasteiger partial charge in [-0.3, -0.25) is 4.79 Å². The second-order valence-electron chi connectivity index (χ2n) is 7.85. The molecule has 2 heterocycles. The number of rotatable bonds is 8. The Morgan fingerprint density at radius 3 is 2.58 bits per heavy atom. The number of nitrogens with one attached hydrogen (secondary N) is 1. The number of nitrogens with zero attached hydrogens (tertiary/aromatic N) is 3. The van der Waals surface area contributed by atoms with Crippen LogP contribution in [0, 0.1) is 0 Å². The number of fused-ring (bicyclic) bond motifs is 1. The zero-order chi connectivity index (χ0) is 21.0. The van der Waals surface area contributed by atoms with E-state index in [1.54, 1.807) is 6.26 Å². The molecule has 1 aliphatic rings. The van der Waals surface area contributed by atoms with Crippen molar-refractivity contribution in [1.29, 1.82) is 0 Å². The van der Waals surface area contributed by atoms with Crippen molar-refractivity contribution in [2.75, 3.05) is 11.4 Å². The van der Waals surface area contributed by atoms with Crippen molar-refractivity contribution >= 4 is 22.6 Å². The molecule has 2 aromatic carbocycles. The minimum Gasteiger partial charge on any atom is -0.467 e. The molecule has 0 saturated heterocycles. The minimum absolute atomic E-state index is 0.0774. The van der Waals surface area contributed by atoms with Gasteiger partial charge >= 0.3 is 0 Å². The Morgan fingerprint density at radius 2 is 1.81 bits per heavy atom. The summed E-state index contributed by atoms with van der Waals surface area (Å²) in [5.41, 5.74) is 1.83. The van der Waals surface area contributed by atoms with Crippen LogP contribution in [0.2, 0.25) is 0 Å². The Hall–Kier alpha value is -3.67. The van der Waals surface area contributed by atoms with E-state index in [4.69, 9.17) is 14.4 Å². The van der Waals surface area contributed by atoms with Gasteiger partial charge in [0.25, 0.3) is 0 Å². The van der Waals surface area contributed by atoms with Gasteiger partial charge in [0.1, 0.15) is 11.6 Å². The molecule has 0 unspecified atom stereocenters. The number of aromatic nitrogens is 2. The van der Waals surface area contributed by atoms with Crippen molar-refractivity contribution in [3.63, 3.8) is 0 Å². The van der Waals surface area contributed by atoms with Crippen LogP contribution in [0.5, 0.6) is 0 Å². The molecule has 1 saturated carbocycles. The van der Waals surface area contributed by atoms with E-state index in [1.807, 2.05) is 66.7 Å². The predicted octanol–water partition coefficient (Wildman–Crippen LogP) is 4.57. The summed E-state index contributed by atoms with van der Waals surface area (Å²) in [6.45, 7) is 1.06. The second-order valence-corrected chi connectivity index (χ2v) is 7.85. The molecule has 31 heavy (non-hydrogen) atoms. The van der Waals surface area contributed by atoms with E-state index in [1.165, 1.54) is 0 Å². The molecule has 4 aromatic rings. The first-order chi connectivity index (χ1) is 15.3. The first kappa shape index (κ1) is 19.3. The number of amides is 1. The van der Waals surface area contributed by atoms with E-state index in [9.17, 15) is 4.79 Å². The minimum atomic E-state index is 0.0774. The zero-order valence-electron chi connectivity index (χ0n) is 17.2. The summed E-state index contributed by atoms with van der Waals surface area (Å²) in [7, 11) is 0. The lowest BCUT2D eigenvalue weighted by Gasteiger charge is -2.24. The van der Waals surface area contributed by atoms with E-state index in [-0.39, 0.29) is 5.91 Å². The van der Waals surface area contributed by atoms with E-state index >= 15 is 0 Å². The maximum Gasteiger partial charge on any atom is 0.221 e. The summed E-state index contributed by atoms with van der Waals surface area (Å²) in [5.74, 6) is 2.38. The predicted molar refractivity (Wildman–Crippen MR) is 121 cm³/mol. The molecule has 1 N–H and O–H groups in total. The summed E-state index contributed by atoms with van der Waals surface area (Å²) in [4.78, 5) is 24.2. The van der Waals surface area contributed by atoms with Gasteiger partial charge in [-0.15, -0.1) is 0 Å². The highest BCUT2D eigenvalue weighted by Gasteiger charge is 2.24. The average Bonchev–Trinajstić information content (AvgIpc) is 3.47. The number of furan rings is 1. The van der Waals surface area contributed by atoms with E-state index in [0.717, 1.165) is 40.9 Å². The molecule has 0 bridgehead atoms. The molecule has 0 aliphatic heterocycles. The number of hydrogen-bond acceptors (Lipinski definition) is 5. The normalized spacial score (nSPS) is 13.3. The van der Waals surface area contributed by atoms with Gasteiger partial charge in [-0.2, -0.15) is 0 Å². The van der Waals surface area contributed by atoms with Crippen LogP contribution in [0.25, 0.3) is 22.3 Å². The fourth-order valence-electron chi connectivity index (χ4n) is 3.63. The summed E-state index contributed by atoms with van der Waals surface area (Å²) in [6, 6.07) is 22.1. The SMILES string of the molecule is O=C(CCN(Cc1ccco1)c1nc(-c2ccccc2)nc2ccccc12)NC1CC1. The van der Waals surface area contributed by atoms with Crippen LogP contribution in [0.15, 0.2) is 77.4 Å². The number of para-hydroxylation sites is 1. The Labute approximate surface area is 180 Å². The van der Waals surface area contributed by atoms with Crippen molar-refractivity contribution in [2.45, 2.75) is 31.8 Å². The monoisotopic (exact) mass is 412 g/mol. The quantitative estimate of drug-likeness (QED) is 0.459. The van der Waals surface area contributed by atoms with Crippen LogP contribution < -0.4 is 10.2 Å². The van der Waals surface area contributed by atoms with Crippen LogP contribution in [0.4, 0.5) is 5.82 Å². The number of hydrogen-bond donors (Lipinski definition) is 1. The van der Waals surface area contributed by atoms with Gasteiger partial charge in [0.15, 0.2) is 5.82 Å². The lowest BCUT2D eigenvalue weighted by Crippen LogP contribution is -2.32. The maximum atomic E-state index is 12.4. The highest BCUT2D eigenvalue weighted by Crippen LogP contribution is 2.29. The standard InChI is InChI=1S/C25H24N4O2/c30-23(26-19-12-13-19)14-15-29(17-20-9-6-16-31-20)25-21-10-4-5-11-22(21)27-24(28-25)18-7-2-1-3-8-18/h1-11,16,19H,12-15,17H2,(H,26,30). The molecule has 2 aromatic heterocycles.